The second-order valence-corrected chi connectivity index (χ2v) is 5.25. The summed E-state index contributed by atoms with van der Waals surface area (Å²) in [6, 6.07) is 13.3. The number of phenolic OH excluding ortho intramolecular Hbond substituents is 1. The molecule has 0 heterocycles. The molecule has 0 saturated heterocycles. The molecule has 0 aliphatic carbocycles. The van der Waals surface area contributed by atoms with Crippen LogP contribution in [-0.4, -0.2) is 17.6 Å². The van der Waals surface area contributed by atoms with Gasteiger partial charge >= 0.3 is 0 Å². The first-order chi connectivity index (χ1) is 10.1. The number of carbonyl (C=O) groups excluding carboxylic acids is 1. The van der Waals surface area contributed by atoms with E-state index in [0.717, 1.165) is 0 Å². The van der Waals surface area contributed by atoms with Gasteiger partial charge < -0.3 is 15.2 Å². The Labute approximate surface area is 135 Å². The third-order valence-corrected chi connectivity index (χ3v) is 3.54. The molecule has 0 radical (unpaired) electrons. The Morgan fingerprint density at radius 1 is 1.29 bits per heavy atom. The lowest BCUT2D eigenvalue weighted by Crippen LogP contribution is -2.11. The van der Waals surface area contributed by atoms with Gasteiger partial charge in [0, 0.05) is 11.3 Å². The number of aromatic hydroxyl groups is 1. The molecule has 21 heavy (non-hydrogen) atoms. The summed E-state index contributed by atoms with van der Waals surface area (Å²) in [4.78, 5) is 12.0. The normalized spacial score (nSPS) is 9.71. The van der Waals surface area contributed by atoms with Crippen LogP contribution in [0.15, 0.2) is 42.5 Å². The molecular formula is C15H11IN2O3. The molecule has 0 spiro atoms. The van der Waals surface area contributed by atoms with Gasteiger partial charge in [0.25, 0.3) is 5.91 Å². The molecule has 2 aromatic carbocycles. The predicted molar refractivity (Wildman–Crippen MR) is 86.3 cm³/mol. The minimum Gasteiger partial charge on any atom is -0.507 e. The van der Waals surface area contributed by atoms with Gasteiger partial charge in [0.2, 0.25) is 0 Å². The number of nitrogens with one attached hydrogen (secondary N) is 1. The quantitative estimate of drug-likeness (QED) is 0.781. The molecule has 2 rings (SSSR count). The van der Waals surface area contributed by atoms with E-state index in [0.29, 0.717) is 20.6 Å². The molecule has 0 saturated carbocycles. The van der Waals surface area contributed by atoms with Gasteiger partial charge in [0.1, 0.15) is 17.6 Å². The fraction of sp³-hybridized carbons (Fsp3) is 0.0667. The van der Waals surface area contributed by atoms with Crippen molar-refractivity contribution in [2.75, 3.05) is 11.9 Å². The number of hydrogen-bond acceptors (Lipinski definition) is 4. The van der Waals surface area contributed by atoms with Crippen molar-refractivity contribution in [3.05, 3.63) is 51.6 Å². The standard InChI is InChI=1S/C15H11IN2O3/c16-13-6-1-10(9-14(13)19)15(20)18-11-2-4-12(5-3-11)21-8-7-17/h1-6,9,19H,8H2,(H,18,20). The monoisotopic (exact) mass is 394 g/mol. The molecule has 2 N–H and O–H groups in total. The number of rotatable bonds is 4. The zero-order chi connectivity index (χ0) is 15.2. The molecule has 106 valence electrons. The summed E-state index contributed by atoms with van der Waals surface area (Å²) in [6.07, 6.45) is 0. The Morgan fingerprint density at radius 2 is 2.00 bits per heavy atom. The Hall–Kier alpha value is -2.27. The minimum atomic E-state index is -0.313. The van der Waals surface area contributed by atoms with Crippen LogP contribution < -0.4 is 10.1 Å². The van der Waals surface area contributed by atoms with E-state index in [1.807, 2.05) is 28.7 Å². The van der Waals surface area contributed by atoms with E-state index in [9.17, 15) is 9.90 Å². The molecular weight excluding hydrogens is 383 g/mol. The Balaban J connectivity index is 2.05. The highest BCUT2D eigenvalue weighted by molar-refractivity contribution is 14.1. The molecule has 0 aromatic heterocycles. The lowest BCUT2D eigenvalue weighted by Gasteiger charge is -2.07. The lowest BCUT2D eigenvalue weighted by atomic mass is 10.2. The average Bonchev–Trinajstić information content (AvgIpc) is 2.49. The van der Waals surface area contributed by atoms with Crippen LogP contribution in [0.2, 0.25) is 0 Å². The summed E-state index contributed by atoms with van der Waals surface area (Å²) in [7, 11) is 0. The van der Waals surface area contributed by atoms with Gasteiger partial charge in [-0.3, -0.25) is 4.79 Å². The molecule has 0 aliphatic heterocycles. The van der Waals surface area contributed by atoms with Crippen molar-refractivity contribution in [1.29, 1.82) is 5.26 Å². The lowest BCUT2D eigenvalue weighted by molar-refractivity contribution is 0.102. The summed E-state index contributed by atoms with van der Waals surface area (Å²) in [5.74, 6) is 0.317. The van der Waals surface area contributed by atoms with E-state index in [2.05, 4.69) is 5.32 Å². The van der Waals surface area contributed by atoms with Gasteiger partial charge in [-0.2, -0.15) is 5.26 Å². The van der Waals surface area contributed by atoms with Gasteiger partial charge in [-0.15, -0.1) is 0 Å². The van der Waals surface area contributed by atoms with Gasteiger partial charge in [-0.05, 0) is 65.1 Å². The van der Waals surface area contributed by atoms with E-state index in [1.54, 1.807) is 36.4 Å². The largest absolute Gasteiger partial charge is 0.507 e. The van der Waals surface area contributed by atoms with Crippen molar-refractivity contribution in [3.8, 4) is 17.6 Å². The maximum atomic E-state index is 12.0. The third kappa shape index (κ3) is 4.10. The number of anilines is 1. The molecule has 0 bridgehead atoms. The van der Waals surface area contributed by atoms with Crippen LogP contribution in [0.5, 0.6) is 11.5 Å². The van der Waals surface area contributed by atoms with Gasteiger partial charge in [0.15, 0.2) is 6.61 Å². The van der Waals surface area contributed by atoms with Crippen LogP contribution in [0.25, 0.3) is 0 Å². The van der Waals surface area contributed by atoms with E-state index < -0.39 is 0 Å². The topological polar surface area (TPSA) is 82.3 Å². The number of phenols is 1. The summed E-state index contributed by atoms with van der Waals surface area (Å²) in [5, 5.41) is 20.7. The van der Waals surface area contributed by atoms with Crippen LogP contribution >= 0.6 is 22.6 Å². The van der Waals surface area contributed by atoms with Gasteiger partial charge in [-0.25, -0.2) is 0 Å². The number of nitriles is 1. The number of carbonyl (C=O) groups is 1. The number of amides is 1. The van der Waals surface area contributed by atoms with Crippen molar-refractivity contribution in [2.24, 2.45) is 0 Å². The van der Waals surface area contributed by atoms with Crippen molar-refractivity contribution in [1.82, 2.24) is 0 Å². The van der Waals surface area contributed by atoms with E-state index in [-0.39, 0.29) is 18.3 Å². The second-order valence-electron chi connectivity index (χ2n) is 4.09. The van der Waals surface area contributed by atoms with E-state index >= 15 is 0 Å². The number of hydrogen-bond donors (Lipinski definition) is 2. The number of ether oxygens (including phenoxy) is 1. The average molecular weight is 394 g/mol. The molecule has 0 aliphatic rings. The number of nitrogens with zero attached hydrogens (tertiary/aromatic N) is 1. The number of benzene rings is 2. The first-order valence-electron chi connectivity index (χ1n) is 6.00. The van der Waals surface area contributed by atoms with Crippen molar-refractivity contribution in [2.45, 2.75) is 0 Å². The second kappa shape index (κ2) is 6.95. The third-order valence-electron chi connectivity index (χ3n) is 2.62. The van der Waals surface area contributed by atoms with Crippen LogP contribution in [0.4, 0.5) is 5.69 Å². The van der Waals surface area contributed by atoms with Crippen LogP contribution in [0.1, 0.15) is 10.4 Å². The highest BCUT2D eigenvalue weighted by Crippen LogP contribution is 2.21. The molecule has 0 fully saturated rings. The fourth-order valence-electron chi connectivity index (χ4n) is 1.61. The zero-order valence-corrected chi connectivity index (χ0v) is 13.0. The molecule has 0 unspecified atom stereocenters. The summed E-state index contributed by atoms with van der Waals surface area (Å²) in [6.45, 7) is -0.0202. The molecule has 0 atom stereocenters. The molecule has 5 nitrogen and oxygen atoms in total. The molecule has 2 aromatic rings. The Morgan fingerprint density at radius 3 is 2.62 bits per heavy atom. The van der Waals surface area contributed by atoms with E-state index in [4.69, 9.17) is 10.00 Å². The Kier molecular flexibility index (Phi) is 5.00. The maximum Gasteiger partial charge on any atom is 0.255 e. The summed E-state index contributed by atoms with van der Waals surface area (Å²) < 4.78 is 5.80. The zero-order valence-electron chi connectivity index (χ0n) is 10.8. The van der Waals surface area contributed by atoms with Gasteiger partial charge in [-0.1, -0.05) is 0 Å². The van der Waals surface area contributed by atoms with E-state index in [1.165, 1.54) is 6.07 Å². The van der Waals surface area contributed by atoms with Crippen LogP contribution in [0, 0.1) is 14.9 Å². The maximum absolute atomic E-state index is 12.0. The predicted octanol–water partition coefficient (Wildman–Crippen LogP) is 3.15. The first-order valence-corrected chi connectivity index (χ1v) is 7.07. The van der Waals surface area contributed by atoms with Crippen LogP contribution in [-0.2, 0) is 0 Å². The van der Waals surface area contributed by atoms with Crippen molar-refractivity contribution < 1.29 is 14.6 Å². The minimum absolute atomic E-state index is 0.0202. The van der Waals surface area contributed by atoms with Crippen LogP contribution in [0.3, 0.4) is 0 Å². The summed E-state index contributed by atoms with van der Waals surface area (Å²) in [5.41, 5.74) is 0.972. The van der Waals surface area contributed by atoms with Gasteiger partial charge in [0.05, 0.1) is 3.57 Å². The fourth-order valence-corrected chi connectivity index (χ4v) is 1.94. The SMILES string of the molecule is N#CCOc1ccc(NC(=O)c2ccc(I)c(O)c2)cc1. The Bertz CT molecular complexity index is 693. The number of halogens is 1. The highest BCUT2D eigenvalue weighted by Gasteiger charge is 2.08. The highest BCUT2D eigenvalue weighted by atomic mass is 127. The molecule has 6 heteroatoms. The molecule has 1 amide bonds. The van der Waals surface area contributed by atoms with Crippen molar-refractivity contribution in [3.63, 3.8) is 0 Å². The van der Waals surface area contributed by atoms with Crippen molar-refractivity contribution >= 4 is 34.2 Å². The smallest absolute Gasteiger partial charge is 0.255 e. The summed E-state index contributed by atoms with van der Waals surface area (Å²) >= 11 is 1.98. The first kappa shape index (κ1) is 15.1.